The zero-order valence-corrected chi connectivity index (χ0v) is 25.5. The van der Waals surface area contributed by atoms with Crippen LogP contribution in [0.3, 0.4) is 0 Å². The summed E-state index contributed by atoms with van der Waals surface area (Å²) in [5, 5.41) is 25.9. The van der Waals surface area contributed by atoms with Crippen molar-refractivity contribution in [2.24, 2.45) is 7.05 Å². The minimum Gasteiger partial charge on any atom is -0.389 e. The summed E-state index contributed by atoms with van der Waals surface area (Å²) in [6.45, 7) is 3.31. The molecule has 3 atom stereocenters. The van der Waals surface area contributed by atoms with E-state index >= 15 is 0 Å². The number of nitriles is 1. The number of thiophene rings is 1. The van der Waals surface area contributed by atoms with Crippen molar-refractivity contribution in [2.75, 3.05) is 19.3 Å². The standard InChI is InChI=1S/C31H34N10OS/c1-17(22-8-6-13-39(22)2)41-30-20(25(37-41)21-10-14-40(3)36-21)16-34-29(35-30)26-18-7-4-11-31(27(18)42-38-26)12-5-9-23-24(31)19(15-32)28(33)43-23/h10,14,16-17,22H,4-9,11-13,33H2,1-3H3. The molecular formula is C31H34N10OS. The topological polar surface area (TPSA) is 140 Å². The quantitative estimate of drug-likeness (QED) is 0.304. The highest BCUT2D eigenvalue weighted by molar-refractivity contribution is 7.16. The second kappa shape index (κ2) is 9.72. The molecule has 1 spiro atoms. The fourth-order valence-electron chi connectivity index (χ4n) is 7.98. The van der Waals surface area contributed by atoms with Gasteiger partial charge in [-0.2, -0.15) is 15.5 Å². The van der Waals surface area contributed by atoms with E-state index in [1.165, 1.54) is 11.3 Å². The highest BCUT2D eigenvalue weighted by Gasteiger charge is 2.48. The summed E-state index contributed by atoms with van der Waals surface area (Å²) in [7, 11) is 4.10. The normalized spacial score (nSPS) is 22.6. The lowest BCUT2D eigenvalue weighted by Crippen LogP contribution is -2.35. The average molecular weight is 595 g/mol. The Bertz CT molecular complexity index is 1920. The smallest absolute Gasteiger partial charge is 0.184 e. The van der Waals surface area contributed by atoms with Gasteiger partial charge in [0, 0.05) is 35.9 Å². The Morgan fingerprint density at radius 2 is 2.00 bits per heavy atom. The van der Waals surface area contributed by atoms with Gasteiger partial charge in [0.05, 0.1) is 22.4 Å². The van der Waals surface area contributed by atoms with Crippen molar-refractivity contribution in [1.82, 2.24) is 39.6 Å². The van der Waals surface area contributed by atoms with E-state index in [1.54, 1.807) is 16.0 Å². The second-order valence-corrected chi connectivity index (χ2v) is 13.5. The molecule has 11 nitrogen and oxygen atoms in total. The van der Waals surface area contributed by atoms with Gasteiger partial charge in [0.15, 0.2) is 22.9 Å². The molecule has 8 rings (SSSR count). The summed E-state index contributed by atoms with van der Waals surface area (Å²) in [5.41, 5.74) is 11.7. The molecule has 0 saturated carbocycles. The van der Waals surface area contributed by atoms with Crippen LogP contribution in [0, 0.1) is 11.3 Å². The molecule has 43 heavy (non-hydrogen) atoms. The summed E-state index contributed by atoms with van der Waals surface area (Å²) < 4.78 is 10.1. The van der Waals surface area contributed by atoms with Crippen molar-refractivity contribution >= 4 is 27.4 Å². The summed E-state index contributed by atoms with van der Waals surface area (Å²) in [5.74, 6) is 1.40. The van der Waals surface area contributed by atoms with Crippen molar-refractivity contribution in [3.8, 4) is 29.0 Å². The van der Waals surface area contributed by atoms with E-state index in [0.29, 0.717) is 28.1 Å². The molecule has 1 aliphatic heterocycles. The van der Waals surface area contributed by atoms with Gasteiger partial charge in [-0.3, -0.25) is 4.68 Å². The van der Waals surface area contributed by atoms with Crippen LogP contribution in [0.15, 0.2) is 23.0 Å². The van der Waals surface area contributed by atoms with Crippen LogP contribution in [0.4, 0.5) is 5.00 Å². The van der Waals surface area contributed by atoms with E-state index in [4.69, 9.17) is 25.3 Å². The number of hydrogen-bond donors (Lipinski definition) is 1. The summed E-state index contributed by atoms with van der Waals surface area (Å²) in [4.78, 5) is 13.6. The molecule has 1 fully saturated rings. The van der Waals surface area contributed by atoms with E-state index in [1.807, 2.05) is 25.5 Å². The maximum atomic E-state index is 10.1. The zero-order valence-electron chi connectivity index (χ0n) is 24.7. The van der Waals surface area contributed by atoms with Crippen LogP contribution in [-0.4, -0.2) is 59.2 Å². The van der Waals surface area contributed by atoms with Crippen molar-refractivity contribution in [2.45, 2.75) is 75.8 Å². The van der Waals surface area contributed by atoms with Crippen LogP contribution < -0.4 is 5.73 Å². The fraction of sp³-hybridized carbons (Fsp3) is 0.484. The van der Waals surface area contributed by atoms with Gasteiger partial charge >= 0.3 is 0 Å². The van der Waals surface area contributed by atoms with Gasteiger partial charge in [-0.05, 0) is 83.5 Å². The lowest BCUT2D eigenvalue weighted by atomic mass is 9.63. The van der Waals surface area contributed by atoms with Crippen LogP contribution in [0.5, 0.6) is 0 Å². The Balaban J connectivity index is 1.28. The molecule has 0 aromatic carbocycles. The Hall–Kier alpha value is -4.08. The van der Waals surface area contributed by atoms with Gasteiger partial charge in [0.1, 0.15) is 22.5 Å². The summed E-state index contributed by atoms with van der Waals surface area (Å²) in [6, 6.07) is 4.86. The molecule has 3 aliphatic rings. The largest absolute Gasteiger partial charge is 0.389 e. The highest BCUT2D eigenvalue weighted by atomic mass is 32.1. The maximum absolute atomic E-state index is 10.1. The number of likely N-dealkylation sites (N-methyl/N-ethyl adjacent to an activating group) is 1. The van der Waals surface area contributed by atoms with Crippen LogP contribution >= 0.6 is 11.3 Å². The van der Waals surface area contributed by atoms with Crippen LogP contribution in [0.2, 0.25) is 0 Å². The first-order chi connectivity index (χ1) is 20.9. The lowest BCUT2D eigenvalue weighted by Gasteiger charge is -2.39. The Kier molecular flexibility index (Phi) is 6.00. The van der Waals surface area contributed by atoms with Gasteiger partial charge in [-0.25, -0.2) is 14.6 Å². The van der Waals surface area contributed by atoms with Gasteiger partial charge in [0.2, 0.25) is 0 Å². The number of fused-ring (bicyclic) bond motifs is 5. The molecule has 0 bridgehead atoms. The first kappa shape index (κ1) is 26.5. The zero-order chi connectivity index (χ0) is 29.5. The Labute approximate surface area is 253 Å². The number of nitrogen functional groups attached to an aromatic ring is 1. The molecule has 3 unspecified atom stereocenters. The van der Waals surface area contributed by atoms with E-state index in [0.717, 1.165) is 90.8 Å². The molecule has 5 aromatic rings. The number of aromatic nitrogens is 7. The van der Waals surface area contributed by atoms with E-state index in [9.17, 15) is 5.26 Å². The molecule has 1 saturated heterocycles. The Morgan fingerprint density at radius 1 is 1.16 bits per heavy atom. The van der Waals surface area contributed by atoms with Crippen molar-refractivity contribution in [3.63, 3.8) is 0 Å². The molecule has 12 heteroatoms. The van der Waals surface area contributed by atoms with Gasteiger partial charge < -0.3 is 15.2 Å². The number of likely N-dealkylation sites (tertiary alicyclic amines) is 1. The van der Waals surface area contributed by atoms with Crippen LogP contribution in [0.1, 0.15) is 78.8 Å². The second-order valence-electron chi connectivity index (χ2n) is 12.4. The molecule has 6 heterocycles. The highest BCUT2D eigenvalue weighted by Crippen LogP contribution is 2.55. The predicted octanol–water partition coefficient (Wildman–Crippen LogP) is 5.01. The lowest BCUT2D eigenvalue weighted by molar-refractivity contribution is 0.232. The number of nitrogens with two attached hydrogens (primary N) is 1. The van der Waals surface area contributed by atoms with E-state index in [2.05, 4.69) is 39.9 Å². The van der Waals surface area contributed by atoms with Crippen molar-refractivity contribution in [1.29, 1.82) is 5.26 Å². The molecule has 220 valence electrons. The molecule has 5 aromatic heterocycles. The number of rotatable bonds is 4. The molecule has 2 aliphatic carbocycles. The monoisotopic (exact) mass is 594 g/mol. The SMILES string of the molecule is CC(C1CCCN1C)n1nc(-c2ccn(C)n2)c2cnc(-c3noc4c3CCCC43CCCc4sc(N)c(C#N)c43)nc21. The van der Waals surface area contributed by atoms with Gasteiger partial charge in [0.25, 0.3) is 0 Å². The summed E-state index contributed by atoms with van der Waals surface area (Å²) >= 11 is 1.55. The third kappa shape index (κ3) is 3.84. The maximum Gasteiger partial charge on any atom is 0.184 e. The van der Waals surface area contributed by atoms with E-state index < -0.39 is 0 Å². The first-order valence-corrected chi connectivity index (χ1v) is 16.0. The number of anilines is 1. The van der Waals surface area contributed by atoms with Gasteiger partial charge in [-0.1, -0.05) is 5.16 Å². The molecule has 0 radical (unpaired) electrons. The van der Waals surface area contributed by atoms with Crippen LogP contribution in [0.25, 0.3) is 33.9 Å². The minimum absolute atomic E-state index is 0.110. The number of aryl methyl sites for hydroxylation is 2. The van der Waals surface area contributed by atoms with E-state index in [-0.39, 0.29) is 11.5 Å². The average Bonchev–Trinajstić information content (AvgIpc) is 3.83. The van der Waals surface area contributed by atoms with Crippen molar-refractivity contribution < 1.29 is 4.52 Å². The molecule has 2 N–H and O–H groups in total. The number of hydrogen-bond acceptors (Lipinski definition) is 10. The van der Waals surface area contributed by atoms with Gasteiger partial charge in [-0.15, -0.1) is 11.3 Å². The number of nitrogens with zero attached hydrogens (tertiary/aromatic N) is 9. The third-order valence-electron chi connectivity index (χ3n) is 10.00. The predicted molar refractivity (Wildman–Crippen MR) is 163 cm³/mol. The van der Waals surface area contributed by atoms with Crippen molar-refractivity contribution in [3.05, 3.63) is 45.8 Å². The fourth-order valence-corrected chi connectivity index (χ4v) is 9.14. The van der Waals surface area contributed by atoms with Crippen LogP contribution in [-0.2, 0) is 25.3 Å². The summed E-state index contributed by atoms with van der Waals surface area (Å²) in [6.07, 6.45) is 11.7. The molecular weight excluding hydrogens is 560 g/mol. The third-order valence-corrected chi connectivity index (χ3v) is 11.1. The molecule has 0 amide bonds. The Morgan fingerprint density at radius 3 is 2.74 bits per heavy atom. The first-order valence-electron chi connectivity index (χ1n) is 15.2. The minimum atomic E-state index is -0.384.